The molecule has 0 N–H and O–H groups in total. The van der Waals surface area contributed by atoms with Crippen molar-refractivity contribution >= 4 is 17.4 Å². The number of aryl methyl sites for hydroxylation is 1. The van der Waals surface area contributed by atoms with E-state index in [9.17, 15) is 22.8 Å². The maximum Gasteiger partial charge on any atom is 0.573 e. The van der Waals surface area contributed by atoms with Gasteiger partial charge in [0.2, 0.25) is 11.7 Å². The zero-order valence-electron chi connectivity index (χ0n) is 19.2. The molecule has 0 unspecified atom stereocenters. The van der Waals surface area contributed by atoms with Gasteiger partial charge in [-0.25, -0.2) is 0 Å². The third-order valence-electron chi connectivity index (χ3n) is 5.48. The average molecular weight is 501 g/mol. The van der Waals surface area contributed by atoms with Crippen molar-refractivity contribution in [1.29, 1.82) is 0 Å². The summed E-state index contributed by atoms with van der Waals surface area (Å²) in [6, 6.07) is 12.7. The zero-order chi connectivity index (χ0) is 25.7. The van der Waals surface area contributed by atoms with Gasteiger partial charge in [0.15, 0.2) is 0 Å². The molecule has 8 nitrogen and oxygen atoms in total. The number of alkyl halides is 3. The first-order valence-electron chi connectivity index (χ1n) is 11.1. The molecule has 1 aliphatic heterocycles. The molecule has 0 spiro atoms. The Bertz CT molecular complexity index is 1270. The first-order chi connectivity index (χ1) is 17.2. The minimum absolute atomic E-state index is 0.0568. The van der Waals surface area contributed by atoms with Gasteiger partial charge in [-0.2, -0.15) is 4.98 Å². The SMILES string of the molecule is COC(=O)CCc1cccc(CN2C=C(c3nc(-c4ccc(OC(F)(F)F)cc4)no3)CCC2=O)c1. The number of rotatable bonds is 8. The fourth-order valence-corrected chi connectivity index (χ4v) is 3.71. The Hall–Kier alpha value is -4.15. The van der Waals surface area contributed by atoms with E-state index in [2.05, 4.69) is 19.6 Å². The molecule has 0 radical (unpaired) electrons. The van der Waals surface area contributed by atoms with E-state index >= 15 is 0 Å². The number of nitrogens with zero attached hydrogens (tertiary/aromatic N) is 3. The fourth-order valence-electron chi connectivity index (χ4n) is 3.71. The van der Waals surface area contributed by atoms with Crippen LogP contribution >= 0.6 is 0 Å². The molecule has 11 heteroatoms. The third-order valence-corrected chi connectivity index (χ3v) is 5.48. The number of carbonyl (C=O) groups is 2. The van der Waals surface area contributed by atoms with Crippen molar-refractivity contribution < 1.29 is 36.8 Å². The van der Waals surface area contributed by atoms with E-state index in [-0.39, 0.29) is 42.2 Å². The molecule has 0 fully saturated rings. The summed E-state index contributed by atoms with van der Waals surface area (Å²) in [5.41, 5.74) is 2.98. The Balaban J connectivity index is 1.46. The molecule has 4 rings (SSSR count). The van der Waals surface area contributed by atoms with Crippen LogP contribution in [0.1, 0.15) is 36.3 Å². The molecule has 0 saturated carbocycles. The predicted molar refractivity (Wildman–Crippen MR) is 121 cm³/mol. The number of esters is 1. The number of ether oxygens (including phenoxy) is 2. The fraction of sp³-hybridized carbons (Fsp3) is 0.280. The first-order valence-corrected chi connectivity index (χ1v) is 11.1. The van der Waals surface area contributed by atoms with E-state index in [0.29, 0.717) is 30.5 Å². The zero-order valence-corrected chi connectivity index (χ0v) is 19.2. The summed E-state index contributed by atoms with van der Waals surface area (Å²) in [4.78, 5) is 29.9. The molecule has 2 aromatic carbocycles. The quantitative estimate of drug-likeness (QED) is 0.405. The lowest BCUT2D eigenvalue weighted by Gasteiger charge is -2.24. The van der Waals surface area contributed by atoms with Crippen LogP contribution in [0.5, 0.6) is 5.75 Å². The van der Waals surface area contributed by atoms with Gasteiger partial charge >= 0.3 is 12.3 Å². The Morgan fingerprint density at radius 3 is 2.58 bits per heavy atom. The number of benzene rings is 2. The van der Waals surface area contributed by atoms with Gasteiger partial charge in [-0.3, -0.25) is 9.59 Å². The third kappa shape index (κ3) is 6.49. The molecule has 0 aliphatic carbocycles. The monoisotopic (exact) mass is 501 g/mol. The Morgan fingerprint density at radius 1 is 1.11 bits per heavy atom. The molecule has 1 amide bonds. The van der Waals surface area contributed by atoms with Gasteiger partial charge in [0.25, 0.3) is 5.89 Å². The van der Waals surface area contributed by atoms with Crippen LogP contribution in [0.2, 0.25) is 0 Å². The van der Waals surface area contributed by atoms with Crippen molar-refractivity contribution in [3.8, 4) is 17.1 Å². The Labute approximate surface area is 204 Å². The number of halogens is 3. The minimum atomic E-state index is -4.78. The maximum atomic E-state index is 12.5. The highest BCUT2D eigenvalue weighted by Crippen LogP contribution is 2.29. The van der Waals surface area contributed by atoms with Crippen LogP contribution in [-0.4, -0.2) is 40.4 Å². The maximum absolute atomic E-state index is 12.5. The molecular formula is C25H22F3N3O5. The highest BCUT2D eigenvalue weighted by molar-refractivity contribution is 5.83. The average Bonchev–Trinajstić information content (AvgIpc) is 3.34. The second kappa shape index (κ2) is 10.6. The van der Waals surface area contributed by atoms with Crippen LogP contribution < -0.4 is 4.74 Å². The Morgan fingerprint density at radius 2 is 1.86 bits per heavy atom. The number of allylic oxidation sites excluding steroid dienone is 1. The molecule has 1 aliphatic rings. The highest BCUT2D eigenvalue weighted by atomic mass is 19.4. The second-order valence-corrected chi connectivity index (χ2v) is 8.07. The van der Waals surface area contributed by atoms with E-state index in [0.717, 1.165) is 11.1 Å². The summed E-state index contributed by atoms with van der Waals surface area (Å²) in [6.45, 7) is 0.329. The van der Waals surface area contributed by atoms with Crippen molar-refractivity contribution in [3.63, 3.8) is 0 Å². The number of amides is 1. The highest BCUT2D eigenvalue weighted by Gasteiger charge is 2.31. The normalized spacial score (nSPS) is 13.9. The van der Waals surface area contributed by atoms with Gasteiger partial charge < -0.3 is 18.9 Å². The first kappa shape index (κ1) is 25.0. The minimum Gasteiger partial charge on any atom is -0.469 e. The largest absolute Gasteiger partial charge is 0.573 e. The van der Waals surface area contributed by atoms with Crippen LogP contribution in [0.15, 0.2) is 59.3 Å². The van der Waals surface area contributed by atoms with Gasteiger partial charge in [-0.15, -0.1) is 13.2 Å². The van der Waals surface area contributed by atoms with Crippen LogP contribution in [0.3, 0.4) is 0 Å². The molecule has 0 atom stereocenters. The molecule has 36 heavy (non-hydrogen) atoms. The number of aromatic nitrogens is 2. The van der Waals surface area contributed by atoms with Crippen molar-refractivity contribution in [1.82, 2.24) is 15.0 Å². The van der Waals surface area contributed by atoms with Crippen molar-refractivity contribution in [2.24, 2.45) is 0 Å². The van der Waals surface area contributed by atoms with Crippen LogP contribution in [0, 0.1) is 0 Å². The van der Waals surface area contributed by atoms with Crippen LogP contribution in [-0.2, 0) is 27.3 Å². The number of hydrogen-bond donors (Lipinski definition) is 0. The van der Waals surface area contributed by atoms with Crippen molar-refractivity contribution in [2.45, 2.75) is 38.6 Å². The van der Waals surface area contributed by atoms with Gasteiger partial charge in [-0.1, -0.05) is 29.4 Å². The number of methoxy groups -OCH3 is 1. The van der Waals surface area contributed by atoms with Gasteiger partial charge in [0, 0.05) is 30.2 Å². The van der Waals surface area contributed by atoms with E-state index in [1.807, 2.05) is 24.3 Å². The number of hydrogen-bond acceptors (Lipinski definition) is 7. The van der Waals surface area contributed by atoms with E-state index in [1.165, 1.54) is 31.4 Å². The molecule has 188 valence electrons. The van der Waals surface area contributed by atoms with E-state index in [1.54, 1.807) is 11.1 Å². The lowest BCUT2D eigenvalue weighted by atomic mass is 10.0. The van der Waals surface area contributed by atoms with Gasteiger partial charge in [0.1, 0.15) is 5.75 Å². The molecule has 2 heterocycles. The molecule has 0 saturated heterocycles. The van der Waals surface area contributed by atoms with Crippen LogP contribution in [0.25, 0.3) is 17.0 Å². The summed E-state index contributed by atoms with van der Waals surface area (Å²) < 4.78 is 51.0. The van der Waals surface area contributed by atoms with Crippen molar-refractivity contribution in [3.05, 3.63) is 71.7 Å². The van der Waals surface area contributed by atoms with Gasteiger partial charge in [-0.05, 0) is 48.2 Å². The van der Waals surface area contributed by atoms with Crippen molar-refractivity contribution in [2.75, 3.05) is 7.11 Å². The summed E-state index contributed by atoms with van der Waals surface area (Å²) in [7, 11) is 1.35. The Kier molecular flexibility index (Phi) is 7.37. The summed E-state index contributed by atoms with van der Waals surface area (Å²) >= 11 is 0. The molecule has 0 bridgehead atoms. The smallest absolute Gasteiger partial charge is 0.469 e. The lowest BCUT2D eigenvalue weighted by Crippen LogP contribution is -2.28. The predicted octanol–water partition coefficient (Wildman–Crippen LogP) is 4.90. The lowest BCUT2D eigenvalue weighted by molar-refractivity contribution is -0.274. The van der Waals surface area contributed by atoms with E-state index in [4.69, 9.17) is 4.52 Å². The summed E-state index contributed by atoms with van der Waals surface area (Å²) in [6.07, 6.45) is -1.64. The summed E-state index contributed by atoms with van der Waals surface area (Å²) in [5.74, 6) is -0.271. The van der Waals surface area contributed by atoms with Crippen LogP contribution in [0.4, 0.5) is 13.2 Å². The summed E-state index contributed by atoms with van der Waals surface area (Å²) in [5, 5.41) is 3.92. The van der Waals surface area contributed by atoms with E-state index < -0.39 is 6.36 Å². The molecular weight excluding hydrogens is 479 g/mol. The topological polar surface area (TPSA) is 94.8 Å². The molecule has 1 aromatic heterocycles. The standard InChI is InChI=1S/C25H22F3N3O5/c1-34-22(33)12-5-16-3-2-4-17(13-16)14-31-15-19(8-11-21(31)32)24-29-23(30-36-24)18-6-9-20(10-7-18)35-25(26,27)28/h2-4,6-7,9-10,13,15H,5,8,11-12,14H2,1H3. The van der Waals surface area contributed by atoms with Gasteiger partial charge in [0.05, 0.1) is 13.7 Å². The second-order valence-electron chi connectivity index (χ2n) is 8.07. The number of carbonyl (C=O) groups excluding carboxylic acids is 2. The molecule has 3 aromatic rings.